The summed E-state index contributed by atoms with van der Waals surface area (Å²) < 4.78 is 10.9. The molecule has 1 heterocycles. The highest BCUT2D eigenvalue weighted by molar-refractivity contribution is 6.15. The lowest BCUT2D eigenvalue weighted by molar-refractivity contribution is -0.153. The summed E-state index contributed by atoms with van der Waals surface area (Å²) in [7, 11) is 1.31. The second-order valence-electron chi connectivity index (χ2n) is 8.45. The number of benzene rings is 2. The number of rotatable bonds is 7. The van der Waals surface area contributed by atoms with Crippen LogP contribution in [0.4, 0.5) is 0 Å². The van der Waals surface area contributed by atoms with E-state index in [1.165, 1.54) is 7.11 Å². The molecule has 2 aliphatic carbocycles. The number of H-pyrrole nitrogens is 1. The molecular formula is C25H23NO5. The Hall–Kier alpha value is -3.41. The number of ketones is 1. The molecule has 0 saturated heterocycles. The lowest BCUT2D eigenvalue weighted by Gasteiger charge is -2.37. The molecule has 0 aliphatic heterocycles. The number of Topliss-reactive ketones (excluding diaryl/α,β-unsaturated/α-hetero) is 1. The number of hydrogen-bond acceptors (Lipinski definition) is 5. The number of nitrogens with one attached hydrogen (secondary N) is 1. The van der Waals surface area contributed by atoms with E-state index >= 15 is 0 Å². The van der Waals surface area contributed by atoms with E-state index in [0.717, 1.165) is 18.4 Å². The van der Waals surface area contributed by atoms with Crippen LogP contribution in [0, 0.1) is 11.3 Å². The van der Waals surface area contributed by atoms with Crippen LogP contribution in [-0.2, 0) is 14.9 Å². The highest BCUT2D eigenvalue weighted by atomic mass is 16.5. The summed E-state index contributed by atoms with van der Waals surface area (Å²) in [5, 5.41) is 2.45. The first-order valence-electron chi connectivity index (χ1n) is 10.5. The fraction of sp³-hybridized carbons (Fsp3) is 0.320. The van der Waals surface area contributed by atoms with Crippen LogP contribution in [0.2, 0.25) is 0 Å². The number of aromatic nitrogens is 1. The molecule has 2 aromatic carbocycles. The Labute approximate surface area is 179 Å². The van der Waals surface area contributed by atoms with Gasteiger partial charge >= 0.3 is 5.97 Å². The van der Waals surface area contributed by atoms with Crippen LogP contribution >= 0.6 is 0 Å². The standard InChI is InChI=1S/C25H23NO5/c1-30-23(29)25(18-12-13-18,21(27)17-10-6-3-7-11-17)24(14-15-24)19-20(31-26-22(19)28)16-8-4-2-5-9-16/h2-11,18H,12-15H2,1H3,(H,26,28). The van der Waals surface area contributed by atoms with E-state index in [2.05, 4.69) is 5.16 Å². The molecule has 2 aliphatic rings. The lowest BCUT2D eigenvalue weighted by Crippen LogP contribution is -2.53. The monoisotopic (exact) mass is 417 g/mol. The maximum atomic E-state index is 14.0. The number of carbonyl (C=O) groups is 2. The molecule has 6 nitrogen and oxygen atoms in total. The van der Waals surface area contributed by atoms with Gasteiger partial charge < -0.3 is 9.26 Å². The molecule has 6 heteroatoms. The molecule has 0 spiro atoms. The van der Waals surface area contributed by atoms with Crippen LogP contribution in [0.25, 0.3) is 11.3 Å². The summed E-state index contributed by atoms with van der Waals surface area (Å²) in [5.41, 5.74) is -1.26. The summed E-state index contributed by atoms with van der Waals surface area (Å²) in [5.74, 6) is -0.633. The fourth-order valence-corrected chi connectivity index (χ4v) is 5.24. The molecule has 0 bridgehead atoms. The minimum atomic E-state index is -1.45. The second kappa shape index (κ2) is 7.08. The lowest BCUT2D eigenvalue weighted by atomic mass is 9.61. The summed E-state index contributed by atoms with van der Waals surface area (Å²) in [6.45, 7) is 0. The fourth-order valence-electron chi connectivity index (χ4n) is 5.24. The van der Waals surface area contributed by atoms with E-state index in [-0.39, 0.29) is 11.7 Å². The van der Waals surface area contributed by atoms with E-state index in [1.807, 2.05) is 36.4 Å². The smallest absolute Gasteiger partial charge is 0.320 e. The third kappa shape index (κ3) is 2.74. The Morgan fingerprint density at radius 2 is 1.65 bits per heavy atom. The first-order chi connectivity index (χ1) is 15.1. The van der Waals surface area contributed by atoms with Crippen molar-refractivity contribution in [2.75, 3.05) is 7.11 Å². The van der Waals surface area contributed by atoms with Crippen molar-refractivity contribution < 1.29 is 18.8 Å². The van der Waals surface area contributed by atoms with Gasteiger partial charge in [-0.1, -0.05) is 60.7 Å². The predicted molar refractivity (Wildman–Crippen MR) is 114 cm³/mol. The van der Waals surface area contributed by atoms with E-state index < -0.39 is 22.4 Å². The molecular weight excluding hydrogens is 394 g/mol. The van der Waals surface area contributed by atoms with Gasteiger partial charge in [0.2, 0.25) is 0 Å². The number of aromatic amines is 1. The largest absolute Gasteiger partial charge is 0.468 e. The minimum Gasteiger partial charge on any atom is -0.468 e. The summed E-state index contributed by atoms with van der Waals surface area (Å²) >= 11 is 0. The highest BCUT2D eigenvalue weighted by Gasteiger charge is 2.75. The second-order valence-corrected chi connectivity index (χ2v) is 8.45. The van der Waals surface area contributed by atoms with Crippen molar-refractivity contribution in [3.63, 3.8) is 0 Å². The van der Waals surface area contributed by atoms with Gasteiger partial charge in [-0.2, -0.15) is 5.16 Å². The first-order valence-corrected chi connectivity index (χ1v) is 10.5. The van der Waals surface area contributed by atoms with Crippen molar-refractivity contribution in [3.05, 3.63) is 82.1 Å². The van der Waals surface area contributed by atoms with Gasteiger partial charge in [-0.25, -0.2) is 0 Å². The maximum absolute atomic E-state index is 14.0. The Morgan fingerprint density at radius 3 is 2.19 bits per heavy atom. The summed E-state index contributed by atoms with van der Waals surface area (Å²) in [4.78, 5) is 40.6. The quantitative estimate of drug-likeness (QED) is 0.355. The van der Waals surface area contributed by atoms with Crippen molar-refractivity contribution in [1.82, 2.24) is 5.16 Å². The van der Waals surface area contributed by atoms with Crippen LogP contribution < -0.4 is 5.56 Å². The molecule has 0 amide bonds. The third-order valence-electron chi connectivity index (χ3n) is 6.81. The molecule has 31 heavy (non-hydrogen) atoms. The zero-order chi connectivity index (χ0) is 21.6. The topological polar surface area (TPSA) is 89.4 Å². The summed E-state index contributed by atoms with van der Waals surface area (Å²) in [6, 6.07) is 18.1. The average Bonchev–Trinajstić information content (AvgIpc) is 3.75. The van der Waals surface area contributed by atoms with Gasteiger partial charge in [0.05, 0.1) is 12.7 Å². The van der Waals surface area contributed by atoms with Crippen LogP contribution in [0.5, 0.6) is 0 Å². The Morgan fingerprint density at radius 1 is 1.03 bits per heavy atom. The van der Waals surface area contributed by atoms with Crippen molar-refractivity contribution in [2.45, 2.75) is 31.1 Å². The van der Waals surface area contributed by atoms with Crippen LogP contribution in [0.3, 0.4) is 0 Å². The average molecular weight is 417 g/mol. The molecule has 158 valence electrons. The SMILES string of the molecule is COC(=O)C(C(=O)c1ccccc1)(C1CC1)C1(c2c(-c3ccccc3)o[nH]c2=O)CC1. The first kappa shape index (κ1) is 19.5. The number of carbonyl (C=O) groups excluding carboxylic acids is 2. The zero-order valence-corrected chi connectivity index (χ0v) is 17.2. The molecule has 0 radical (unpaired) electrons. The van der Waals surface area contributed by atoms with Gasteiger partial charge in [-0.05, 0) is 31.6 Å². The number of methoxy groups -OCH3 is 1. The maximum Gasteiger partial charge on any atom is 0.320 e. The van der Waals surface area contributed by atoms with E-state index in [1.54, 1.807) is 24.3 Å². The van der Waals surface area contributed by atoms with Crippen LogP contribution in [-0.4, -0.2) is 24.0 Å². The molecule has 3 aromatic rings. The van der Waals surface area contributed by atoms with E-state index in [4.69, 9.17) is 9.26 Å². The van der Waals surface area contributed by atoms with Crippen LogP contribution in [0.15, 0.2) is 70.0 Å². The molecule has 5 rings (SSSR count). The normalized spacial score (nSPS) is 18.7. The molecule has 2 saturated carbocycles. The molecule has 1 aromatic heterocycles. The predicted octanol–water partition coefficient (Wildman–Crippen LogP) is 4.12. The molecule has 1 unspecified atom stereocenters. The van der Waals surface area contributed by atoms with Crippen molar-refractivity contribution >= 4 is 11.8 Å². The Balaban J connectivity index is 1.76. The Kier molecular flexibility index (Phi) is 4.46. The van der Waals surface area contributed by atoms with Crippen molar-refractivity contribution in [2.24, 2.45) is 11.3 Å². The number of hydrogen-bond donors (Lipinski definition) is 1. The number of esters is 1. The molecule has 2 fully saturated rings. The summed E-state index contributed by atoms with van der Waals surface area (Å²) in [6.07, 6.45) is 2.57. The minimum absolute atomic E-state index is 0.173. The third-order valence-corrected chi connectivity index (χ3v) is 6.81. The highest BCUT2D eigenvalue weighted by Crippen LogP contribution is 2.69. The zero-order valence-electron chi connectivity index (χ0n) is 17.2. The van der Waals surface area contributed by atoms with Gasteiger partial charge in [0, 0.05) is 16.5 Å². The van der Waals surface area contributed by atoms with E-state index in [0.29, 0.717) is 29.7 Å². The van der Waals surface area contributed by atoms with E-state index in [9.17, 15) is 14.4 Å². The Bertz CT molecular complexity index is 1190. The molecule has 1 atom stereocenters. The van der Waals surface area contributed by atoms with Crippen molar-refractivity contribution in [3.8, 4) is 11.3 Å². The number of ether oxygens (including phenoxy) is 1. The van der Waals surface area contributed by atoms with Gasteiger partial charge in [0.15, 0.2) is 11.5 Å². The van der Waals surface area contributed by atoms with Crippen LogP contribution in [0.1, 0.15) is 41.6 Å². The van der Waals surface area contributed by atoms with Gasteiger partial charge in [-0.15, -0.1) is 0 Å². The molecule has 1 N–H and O–H groups in total. The van der Waals surface area contributed by atoms with Gasteiger partial charge in [-0.3, -0.25) is 14.4 Å². The van der Waals surface area contributed by atoms with Gasteiger partial charge in [0.25, 0.3) is 5.56 Å². The van der Waals surface area contributed by atoms with Crippen molar-refractivity contribution in [1.29, 1.82) is 0 Å². The van der Waals surface area contributed by atoms with Gasteiger partial charge in [0.1, 0.15) is 5.41 Å².